The van der Waals surface area contributed by atoms with Gasteiger partial charge in [-0.1, -0.05) is 117 Å². The molecule has 6 aromatic rings. The molecule has 0 saturated carbocycles. The quantitative estimate of drug-likeness (QED) is 0.0795. The Kier molecular flexibility index (Phi) is 14.1. The van der Waals surface area contributed by atoms with Crippen molar-refractivity contribution in [3.05, 3.63) is 102 Å². The second-order valence-electron chi connectivity index (χ2n) is 17.5. The van der Waals surface area contributed by atoms with E-state index in [0.717, 1.165) is 53.3 Å². The minimum Gasteiger partial charge on any atom is -0.512 e. The number of nitrogens with zero attached hydrogens (tertiary/aromatic N) is 1. The maximum atomic E-state index is 13.4. The van der Waals surface area contributed by atoms with Crippen LogP contribution < -0.4 is 0 Å². The van der Waals surface area contributed by atoms with Gasteiger partial charge in [-0.05, 0) is 61.3 Å². The minimum atomic E-state index is -4.30. The van der Waals surface area contributed by atoms with E-state index in [1.807, 2.05) is 71.9 Å². The number of halogens is 3. The molecule has 3 aromatic heterocycles. The van der Waals surface area contributed by atoms with Crippen LogP contribution in [-0.4, -0.2) is 22.1 Å². The number of aliphatic hydroxyl groups is 1. The molecular formula is C49H57F3IrNO4-. The molecule has 0 saturated heterocycles. The molecule has 0 unspecified atom stereocenters. The van der Waals surface area contributed by atoms with Crippen molar-refractivity contribution in [1.82, 2.24) is 4.98 Å². The number of aliphatic hydroxyl groups excluding tert-OH is 1. The first-order chi connectivity index (χ1) is 26.6. The molecular weight excluding hydrogens is 916 g/mol. The van der Waals surface area contributed by atoms with Crippen LogP contribution in [-0.2, 0) is 36.7 Å². The number of carbonyl (C=O) groups excluding carboxylic acids is 1. The van der Waals surface area contributed by atoms with Gasteiger partial charge in [-0.15, -0.1) is 29.1 Å². The molecule has 3 heterocycles. The predicted octanol–water partition coefficient (Wildman–Crippen LogP) is 14.9. The zero-order chi connectivity index (χ0) is 42.1. The second kappa shape index (κ2) is 17.6. The van der Waals surface area contributed by atoms with Gasteiger partial charge in [-0.3, -0.25) is 9.78 Å². The van der Waals surface area contributed by atoms with Crippen LogP contribution in [0.3, 0.4) is 0 Å². The minimum absolute atomic E-state index is 0. The maximum Gasteiger partial charge on any atom is 0.394 e. The number of benzene rings is 3. The fourth-order valence-corrected chi connectivity index (χ4v) is 6.86. The summed E-state index contributed by atoms with van der Waals surface area (Å²) in [4.78, 5) is 16.8. The molecule has 1 radical (unpaired) electrons. The van der Waals surface area contributed by atoms with Crippen LogP contribution >= 0.6 is 0 Å². The van der Waals surface area contributed by atoms with Gasteiger partial charge in [-0.2, -0.15) is 13.2 Å². The van der Waals surface area contributed by atoms with E-state index in [0.29, 0.717) is 28.1 Å². The van der Waals surface area contributed by atoms with E-state index >= 15 is 0 Å². The van der Waals surface area contributed by atoms with Crippen LogP contribution in [0.2, 0.25) is 0 Å². The fraction of sp³-hybridized carbons (Fsp3) is 0.429. The summed E-state index contributed by atoms with van der Waals surface area (Å²) in [5, 5.41) is 13.1. The molecule has 6 rings (SSSR count). The van der Waals surface area contributed by atoms with Gasteiger partial charge in [0, 0.05) is 60.5 Å². The first-order valence-corrected chi connectivity index (χ1v) is 20.0. The van der Waals surface area contributed by atoms with Gasteiger partial charge in [-0.25, -0.2) is 0 Å². The van der Waals surface area contributed by atoms with Gasteiger partial charge in [0.05, 0.1) is 10.8 Å². The van der Waals surface area contributed by atoms with Crippen molar-refractivity contribution in [3.8, 4) is 22.6 Å². The normalized spacial score (nSPS) is 13.1. The molecule has 0 aliphatic heterocycles. The number of fused-ring (bicyclic) bond motifs is 4. The van der Waals surface area contributed by atoms with E-state index in [1.54, 1.807) is 24.4 Å². The molecule has 0 atom stereocenters. The molecule has 0 aliphatic rings. The van der Waals surface area contributed by atoms with Gasteiger partial charge in [0.15, 0.2) is 16.9 Å². The van der Waals surface area contributed by atoms with Crippen molar-refractivity contribution in [2.75, 3.05) is 0 Å². The first kappa shape index (κ1) is 46.5. The van der Waals surface area contributed by atoms with Crippen LogP contribution in [0, 0.1) is 22.3 Å². The van der Waals surface area contributed by atoms with Crippen LogP contribution in [0.4, 0.5) is 13.2 Å². The Bertz CT molecular complexity index is 2400. The largest absolute Gasteiger partial charge is 0.512 e. The average molecular weight is 973 g/mol. The SMILES string of the molecule is CC(C)(C)c1cc(-c2cc(-c3cc4oc5cc(CC(C)(C)C(F)(F)F)ccc5c4o3)ccn2)[c-]c2ccccc12.CCC(C)(CC)C(=O)/C=C(\O)C(C)(CC)CC.[Ir]. The van der Waals surface area contributed by atoms with E-state index in [4.69, 9.17) is 8.83 Å². The van der Waals surface area contributed by atoms with Crippen LogP contribution in [0.1, 0.15) is 113 Å². The first-order valence-electron chi connectivity index (χ1n) is 20.0. The van der Waals surface area contributed by atoms with Gasteiger partial charge in [0.1, 0.15) is 17.1 Å². The van der Waals surface area contributed by atoms with Gasteiger partial charge < -0.3 is 13.9 Å². The monoisotopic (exact) mass is 973 g/mol. The molecule has 3 aromatic carbocycles. The van der Waals surface area contributed by atoms with Crippen molar-refractivity contribution in [1.29, 1.82) is 0 Å². The van der Waals surface area contributed by atoms with Crippen molar-refractivity contribution in [2.45, 2.75) is 120 Å². The maximum absolute atomic E-state index is 13.4. The Morgan fingerprint density at radius 1 is 0.776 bits per heavy atom. The third-order valence-electron chi connectivity index (χ3n) is 12.1. The number of hydrogen-bond acceptors (Lipinski definition) is 5. The summed E-state index contributed by atoms with van der Waals surface area (Å²) < 4.78 is 52.4. The Hall–Kier alpha value is -4.20. The molecule has 1 N–H and O–H groups in total. The molecule has 0 aliphatic carbocycles. The van der Waals surface area contributed by atoms with Crippen LogP contribution in [0.5, 0.6) is 0 Å². The van der Waals surface area contributed by atoms with E-state index in [1.165, 1.54) is 30.9 Å². The summed E-state index contributed by atoms with van der Waals surface area (Å²) in [7, 11) is 0. The zero-order valence-electron chi connectivity index (χ0n) is 35.6. The number of allylic oxidation sites excluding steroid dienone is 2. The van der Waals surface area contributed by atoms with Crippen molar-refractivity contribution < 1.29 is 52.0 Å². The average Bonchev–Trinajstić information content (AvgIpc) is 3.74. The van der Waals surface area contributed by atoms with Crippen molar-refractivity contribution in [2.24, 2.45) is 16.2 Å². The van der Waals surface area contributed by atoms with Gasteiger partial charge in [0.2, 0.25) is 0 Å². The predicted molar refractivity (Wildman–Crippen MR) is 226 cm³/mol. The number of aromatic nitrogens is 1. The zero-order valence-corrected chi connectivity index (χ0v) is 38.0. The Morgan fingerprint density at radius 3 is 2.02 bits per heavy atom. The molecule has 0 spiro atoms. The van der Waals surface area contributed by atoms with Gasteiger partial charge in [0.25, 0.3) is 0 Å². The third-order valence-corrected chi connectivity index (χ3v) is 12.1. The summed E-state index contributed by atoms with van der Waals surface area (Å²) >= 11 is 0. The summed E-state index contributed by atoms with van der Waals surface area (Å²) in [6.45, 7) is 21.1. The number of ketones is 1. The smallest absolute Gasteiger partial charge is 0.394 e. The van der Waals surface area contributed by atoms with Crippen molar-refractivity contribution >= 4 is 38.7 Å². The molecule has 9 heteroatoms. The number of alkyl halides is 3. The topological polar surface area (TPSA) is 76.5 Å². The summed E-state index contributed by atoms with van der Waals surface area (Å²) in [6, 6.07) is 24.8. The van der Waals surface area contributed by atoms with E-state index in [-0.39, 0.29) is 54.3 Å². The van der Waals surface area contributed by atoms with Crippen LogP contribution in [0.15, 0.2) is 93.6 Å². The van der Waals surface area contributed by atoms with Crippen molar-refractivity contribution in [3.63, 3.8) is 0 Å². The molecule has 313 valence electrons. The second-order valence-corrected chi connectivity index (χ2v) is 17.5. The van der Waals surface area contributed by atoms with E-state index < -0.39 is 11.6 Å². The molecule has 5 nitrogen and oxygen atoms in total. The number of furan rings is 2. The molecule has 0 bridgehead atoms. The Labute approximate surface area is 354 Å². The number of rotatable bonds is 11. The molecule has 0 amide bonds. The number of hydrogen-bond donors (Lipinski definition) is 1. The summed E-state index contributed by atoms with van der Waals surface area (Å²) in [6.07, 6.45) is 2.07. The fourth-order valence-electron chi connectivity index (χ4n) is 6.86. The van der Waals surface area contributed by atoms with Gasteiger partial charge >= 0.3 is 6.18 Å². The third kappa shape index (κ3) is 9.63. The van der Waals surface area contributed by atoms with Crippen LogP contribution in [0.25, 0.3) is 55.5 Å². The van der Waals surface area contributed by atoms with E-state index in [2.05, 4.69) is 50.0 Å². The number of carbonyl (C=O) groups is 1. The Balaban J connectivity index is 0.000000353. The standard InChI is InChI=1S/C34H29F3NO2.C15H28O2.Ir/c1-32(2,3)26-16-23(15-21-8-6-7-9-24(21)26)27-17-22(12-13-38-27)28-18-30-31(40-28)25-11-10-20(14-29(25)39-30)19-33(4,5)34(35,36)37;1-7-14(5,8-2)12(16)11-13(17)15(6,9-3)10-4;/h6-14,16-18H,19H2,1-5H3;11,16H,7-10H2,1-6H3;/q-1;;/b;12-11-;. The van der Waals surface area contributed by atoms with E-state index in [9.17, 15) is 23.1 Å². The summed E-state index contributed by atoms with van der Waals surface area (Å²) in [5.41, 5.74) is 3.43. The summed E-state index contributed by atoms with van der Waals surface area (Å²) in [5.74, 6) is 0.909. The number of pyridine rings is 1. The Morgan fingerprint density at radius 2 is 1.41 bits per heavy atom. The molecule has 58 heavy (non-hydrogen) atoms. The molecule has 0 fully saturated rings.